The van der Waals surface area contributed by atoms with Crippen LogP contribution < -0.4 is 11.1 Å². The largest absolute Gasteiger partial charge is 0.442 e. The van der Waals surface area contributed by atoms with E-state index in [9.17, 15) is 4.79 Å². The van der Waals surface area contributed by atoms with Gasteiger partial charge in [0.15, 0.2) is 0 Å². The van der Waals surface area contributed by atoms with Gasteiger partial charge in [0.1, 0.15) is 22.8 Å². The van der Waals surface area contributed by atoms with Crippen molar-refractivity contribution in [2.24, 2.45) is 5.73 Å². The lowest BCUT2D eigenvalue weighted by Crippen LogP contribution is -2.11. The Bertz CT molecular complexity index is 974. The first-order chi connectivity index (χ1) is 12.0. The molecule has 1 amide bonds. The van der Waals surface area contributed by atoms with Crippen molar-refractivity contribution in [2.75, 3.05) is 5.32 Å². The predicted octanol–water partition coefficient (Wildman–Crippen LogP) is 4.72. The first-order valence-electron chi connectivity index (χ1n) is 8.43. The van der Waals surface area contributed by atoms with Crippen molar-refractivity contribution in [3.05, 3.63) is 34.0 Å². The summed E-state index contributed by atoms with van der Waals surface area (Å²) in [5.41, 5.74) is 6.53. The van der Waals surface area contributed by atoms with Gasteiger partial charge < -0.3 is 15.5 Å². The minimum atomic E-state index is -0.458. The van der Waals surface area contributed by atoms with Gasteiger partial charge in [-0.3, -0.25) is 4.79 Å². The Morgan fingerprint density at radius 3 is 2.38 bits per heavy atom. The van der Waals surface area contributed by atoms with E-state index in [2.05, 4.69) is 56.8 Å². The predicted molar refractivity (Wildman–Crippen MR) is 105 cm³/mol. The monoisotopic (exact) mass is 372 g/mol. The van der Waals surface area contributed by atoms with Crippen LogP contribution in [0, 0.1) is 0 Å². The minimum Gasteiger partial charge on any atom is -0.442 e. The van der Waals surface area contributed by atoms with E-state index in [1.165, 1.54) is 17.7 Å². The van der Waals surface area contributed by atoms with Crippen LogP contribution in [0.15, 0.2) is 22.9 Å². The highest BCUT2D eigenvalue weighted by molar-refractivity contribution is 7.14. The fourth-order valence-electron chi connectivity index (χ4n) is 2.49. The van der Waals surface area contributed by atoms with Gasteiger partial charge in [-0.05, 0) is 17.5 Å². The molecule has 0 unspecified atom stereocenters. The SMILES string of the molecule is CC(C)(C)c1cc2c(Nc3cc(C(C)(C)C)sc3C(N)=O)ncnc2o1. The number of amides is 1. The summed E-state index contributed by atoms with van der Waals surface area (Å²) >= 11 is 1.40. The maximum Gasteiger partial charge on any atom is 0.260 e. The van der Waals surface area contributed by atoms with Crippen LogP contribution >= 0.6 is 11.3 Å². The Kier molecular flexibility index (Phi) is 4.30. The highest BCUT2D eigenvalue weighted by Gasteiger charge is 2.24. The van der Waals surface area contributed by atoms with Gasteiger partial charge in [-0.1, -0.05) is 41.5 Å². The molecule has 0 fully saturated rings. The molecule has 6 nitrogen and oxygen atoms in total. The van der Waals surface area contributed by atoms with Gasteiger partial charge in [0.05, 0.1) is 11.1 Å². The molecule has 0 radical (unpaired) electrons. The summed E-state index contributed by atoms with van der Waals surface area (Å²) in [5, 5.41) is 4.03. The third kappa shape index (κ3) is 3.44. The quantitative estimate of drug-likeness (QED) is 0.693. The van der Waals surface area contributed by atoms with Gasteiger partial charge in [0, 0.05) is 10.3 Å². The van der Waals surface area contributed by atoms with E-state index in [1.807, 2.05) is 12.1 Å². The zero-order valence-corrected chi connectivity index (χ0v) is 16.7. The van der Waals surface area contributed by atoms with Crippen LogP contribution in [-0.4, -0.2) is 15.9 Å². The minimum absolute atomic E-state index is 0.0785. The van der Waals surface area contributed by atoms with Crippen LogP contribution in [-0.2, 0) is 10.8 Å². The Labute approximate surface area is 156 Å². The zero-order chi connectivity index (χ0) is 19.3. The molecule has 7 heteroatoms. The molecule has 0 aliphatic rings. The topological polar surface area (TPSA) is 94.0 Å². The Morgan fingerprint density at radius 1 is 1.12 bits per heavy atom. The number of fused-ring (bicyclic) bond motifs is 1. The van der Waals surface area contributed by atoms with Gasteiger partial charge in [-0.15, -0.1) is 11.3 Å². The Balaban J connectivity index is 2.08. The molecule has 0 spiro atoms. The summed E-state index contributed by atoms with van der Waals surface area (Å²) in [6, 6.07) is 3.90. The van der Waals surface area contributed by atoms with Gasteiger partial charge in [0.25, 0.3) is 5.91 Å². The van der Waals surface area contributed by atoms with Crippen LogP contribution in [0.2, 0.25) is 0 Å². The van der Waals surface area contributed by atoms with E-state index in [4.69, 9.17) is 10.2 Å². The van der Waals surface area contributed by atoms with Crippen LogP contribution in [0.25, 0.3) is 11.1 Å². The molecule has 3 aromatic rings. The maximum absolute atomic E-state index is 11.9. The first kappa shape index (κ1) is 18.4. The lowest BCUT2D eigenvalue weighted by molar-refractivity contribution is 0.100. The van der Waals surface area contributed by atoms with Crippen LogP contribution in [0.5, 0.6) is 0 Å². The van der Waals surface area contributed by atoms with Crippen LogP contribution in [0.1, 0.15) is 61.9 Å². The third-order valence-corrected chi connectivity index (χ3v) is 5.59. The van der Waals surface area contributed by atoms with Crippen LogP contribution in [0.4, 0.5) is 11.5 Å². The van der Waals surface area contributed by atoms with Crippen molar-refractivity contribution in [3.8, 4) is 0 Å². The van der Waals surface area contributed by atoms with E-state index >= 15 is 0 Å². The molecule has 0 aliphatic heterocycles. The number of hydrogen-bond acceptors (Lipinski definition) is 6. The number of anilines is 2. The molecular weight excluding hydrogens is 348 g/mol. The molecule has 3 heterocycles. The number of carbonyl (C=O) groups excluding carboxylic acids is 1. The standard InChI is InChI=1S/C19H24N4O2S/c1-18(2,3)12-7-10-16(21-9-22-17(10)25-12)23-11-8-13(19(4,5)6)26-14(11)15(20)24/h7-9H,1-6H3,(H2,20,24)(H,21,22,23). The molecular formula is C19H24N4O2S. The third-order valence-electron chi connectivity index (χ3n) is 4.02. The Morgan fingerprint density at radius 2 is 1.81 bits per heavy atom. The molecule has 3 aromatic heterocycles. The maximum atomic E-state index is 11.9. The lowest BCUT2D eigenvalue weighted by atomic mass is 9.93. The number of nitrogens with one attached hydrogen (secondary N) is 1. The highest BCUT2D eigenvalue weighted by Crippen LogP contribution is 2.38. The van der Waals surface area contributed by atoms with E-state index < -0.39 is 5.91 Å². The average molecular weight is 372 g/mol. The van der Waals surface area contributed by atoms with Crippen molar-refractivity contribution in [2.45, 2.75) is 52.4 Å². The number of primary amides is 1. The molecule has 138 valence electrons. The fraction of sp³-hybridized carbons (Fsp3) is 0.421. The smallest absolute Gasteiger partial charge is 0.260 e. The van der Waals surface area contributed by atoms with E-state index in [1.54, 1.807) is 0 Å². The number of hydrogen-bond donors (Lipinski definition) is 2. The number of aromatic nitrogens is 2. The van der Waals surface area contributed by atoms with E-state index in [0.717, 1.165) is 16.0 Å². The average Bonchev–Trinajstić information content (AvgIpc) is 3.10. The van der Waals surface area contributed by atoms with Gasteiger partial charge in [0.2, 0.25) is 5.71 Å². The Hall–Kier alpha value is -2.41. The molecule has 0 bridgehead atoms. The van der Waals surface area contributed by atoms with Crippen molar-refractivity contribution in [1.29, 1.82) is 0 Å². The molecule has 26 heavy (non-hydrogen) atoms. The van der Waals surface area contributed by atoms with Crippen molar-refractivity contribution in [3.63, 3.8) is 0 Å². The van der Waals surface area contributed by atoms with E-state index in [0.29, 0.717) is 22.1 Å². The number of carbonyl (C=O) groups is 1. The molecule has 0 saturated heterocycles. The van der Waals surface area contributed by atoms with Gasteiger partial charge >= 0.3 is 0 Å². The molecule has 0 saturated carbocycles. The molecule has 0 aromatic carbocycles. The van der Waals surface area contributed by atoms with E-state index in [-0.39, 0.29) is 10.8 Å². The highest BCUT2D eigenvalue weighted by atomic mass is 32.1. The van der Waals surface area contributed by atoms with Gasteiger partial charge in [-0.2, -0.15) is 0 Å². The zero-order valence-electron chi connectivity index (χ0n) is 15.9. The molecule has 0 aliphatic carbocycles. The van der Waals surface area contributed by atoms with Crippen molar-refractivity contribution < 1.29 is 9.21 Å². The summed E-state index contributed by atoms with van der Waals surface area (Å²) in [6.07, 6.45) is 1.45. The number of nitrogens with zero attached hydrogens (tertiary/aromatic N) is 2. The second-order valence-electron chi connectivity index (χ2n) is 8.39. The second-order valence-corrected chi connectivity index (χ2v) is 9.45. The van der Waals surface area contributed by atoms with Crippen molar-refractivity contribution >= 4 is 39.8 Å². The fourth-order valence-corrected chi connectivity index (χ4v) is 3.51. The summed E-state index contributed by atoms with van der Waals surface area (Å²) in [7, 11) is 0. The summed E-state index contributed by atoms with van der Waals surface area (Å²) < 4.78 is 5.87. The first-order valence-corrected chi connectivity index (χ1v) is 9.24. The summed E-state index contributed by atoms with van der Waals surface area (Å²) in [6.45, 7) is 12.5. The van der Waals surface area contributed by atoms with Crippen LogP contribution in [0.3, 0.4) is 0 Å². The number of nitrogens with two attached hydrogens (primary N) is 1. The molecule has 0 atom stereocenters. The lowest BCUT2D eigenvalue weighted by Gasteiger charge is -2.15. The molecule has 3 rings (SSSR count). The van der Waals surface area contributed by atoms with Gasteiger partial charge in [-0.25, -0.2) is 9.97 Å². The number of furan rings is 1. The van der Waals surface area contributed by atoms with Crippen molar-refractivity contribution in [1.82, 2.24) is 9.97 Å². The second kappa shape index (κ2) is 6.09. The number of rotatable bonds is 3. The molecule has 3 N–H and O–H groups in total. The summed E-state index contributed by atoms with van der Waals surface area (Å²) in [5.74, 6) is 0.961. The number of thiophene rings is 1. The normalized spacial score (nSPS) is 12.5. The summed E-state index contributed by atoms with van der Waals surface area (Å²) in [4.78, 5) is 22.0.